The zero-order valence-electron chi connectivity index (χ0n) is 8.19. The Morgan fingerprint density at radius 3 is 2.60 bits per heavy atom. The number of benzene rings is 1. The first kappa shape index (κ1) is 10.1. The summed E-state index contributed by atoms with van der Waals surface area (Å²) < 4.78 is 12.6. The topological polar surface area (TPSA) is 40.5 Å². The van der Waals surface area contributed by atoms with Gasteiger partial charge in [0.1, 0.15) is 11.9 Å². The van der Waals surface area contributed by atoms with Crippen molar-refractivity contribution in [2.75, 3.05) is 6.54 Å². The molecule has 3 nitrogen and oxygen atoms in total. The smallest absolute Gasteiger partial charge is 0.320 e. The summed E-state index contributed by atoms with van der Waals surface area (Å²) in [4.78, 5) is 12.6. The number of halogens is 1. The van der Waals surface area contributed by atoms with Crippen molar-refractivity contribution in [2.45, 2.75) is 19.0 Å². The Hall–Kier alpha value is -1.42. The van der Waals surface area contributed by atoms with Gasteiger partial charge in [-0.2, -0.15) is 0 Å². The molecule has 15 heavy (non-hydrogen) atoms. The summed E-state index contributed by atoms with van der Waals surface area (Å²) >= 11 is 0. The van der Waals surface area contributed by atoms with Crippen molar-refractivity contribution >= 4 is 5.97 Å². The maximum Gasteiger partial charge on any atom is 0.320 e. The predicted molar refractivity (Wildman–Crippen MR) is 52.9 cm³/mol. The molecule has 1 heterocycles. The number of hydrogen-bond donors (Lipinski definition) is 1. The summed E-state index contributed by atoms with van der Waals surface area (Å²) in [5, 5.41) is 8.82. The van der Waals surface area contributed by atoms with Crippen molar-refractivity contribution in [3.05, 3.63) is 35.6 Å². The van der Waals surface area contributed by atoms with Crippen LogP contribution in [0.25, 0.3) is 0 Å². The van der Waals surface area contributed by atoms with Crippen LogP contribution in [0.15, 0.2) is 24.3 Å². The number of carboxylic acids is 1. The van der Waals surface area contributed by atoms with Crippen molar-refractivity contribution < 1.29 is 14.3 Å². The molecule has 0 unspecified atom stereocenters. The fourth-order valence-corrected chi connectivity index (χ4v) is 1.73. The van der Waals surface area contributed by atoms with Crippen LogP contribution in [-0.2, 0) is 11.3 Å². The lowest BCUT2D eigenvalue weighted by Crippen LogP contribution is -2.51. The fraction of sp³-hybridized carbons (Fsp3) is 0.364. The maximum absolute atomic E-state index is 12.6. The van der Waals surface area contributed by atoms with Crippen LogP contribution in [0, 0.1) is 5.82 Å². The fourth-order valence-electron chi connectivity index (χ4n) is 1.73. The van der Waals surface area contributed by atoms with Crippen LogP contribution in [0.1, 0.15) is 12.0 Å². The number of likely N-dealkylation sites (tertiary alicyclic amines) is 1. The van der Waals surface area contributed by atoms with Crippen molar-refractivity contribution in [3.8, 4) is 0 Å². The Morgan fingerprint density at radius 1 is 1.47 bits per heavy atom. The SMILES string of the molecule is O=C(O)[C@H]1CCN1Cc1ccc(F)cc1. The van der Waals surface area contributed by atoms with E-state index in [0.717, 1.165) is 12.1 Å². The highest BCUT2D eigenvalue weighted by Gasteiger charge is 2.33. The van der Waals surface area contributed by atoms with Gasteiger partial charge in [-0.25, -0.2) is 4.39 Å². The second-order valence-electron chi connectivity index (χ2n) is 3.74. The quantitative estimate of drug-likeness (QED) is 0.819. The van der Waals surface area contributed by atoms with E-state index >= 15 is 0 Å². The Labute approximate surface area is 87.1 Å². The van der Waals surface area contributed by atoms with Crippen molar-refractivity contribution in [1.29, 1.82) is 0 Å². The molecule has 0 bridgehead atoms. The molecule has 0 aromatic heterocycles. The molecule has 1 N–H and O–H groups in total. The number of hydrogen-bond acceptors (Lipinski definition) is 2. The molecular formula is C11H12FNO2. The van der Waals surface area contributed by atoms with Crippen LogP contribution < -0.4 is 0 Å². The lowest BCUT2D eigenvalue weighted by Gasteiger charge is -2.37. The van der Waals surface area contributed by atoms with Gasteiger partial charge >= 0.3 is 5.97 Å². The number of rotatable bonds is 3. The van der Waals surface area contributed by atoms with Gasteiger partial charge in [0.05, 0.1) is 0 Å². The summed E-state index contributed by atoms with van der Waals surface area (Å²) in [6.07, 6.45) is 0.705. The zero-order chi connectivity index (χ0) is 10.8. The van der Waals surface area contributed by atoms with E-state index in [2.05, 4.69) is 0 Å². The molecule has 1 aromatic carbocycles. The van der Waals surface area contributed by atoms with Crippen LogP contribution in [0.5, 0.6) is 0 Å². The van der Waals surface area contributed by atoms with E-state index in [9.17, 15) is 9.18 Å². The van der Waals surface area contributed by atoms with E-state index in [4.69, 9.17) is 5.11 Å². The predicted octanol–water partition coefficient (Wildman–Crippen LogP) is 1.48. The van der Waals surface area contributed by atoms with Gasteiger partial charge in [0.2, 0.25) is 0 Å². The minimum atomic E-state index is -0.775. The van der Waals surface area contributed by atoms with E-state index in [1.165, 1.54) is 12.1 Å². The normalized spacial score (nSPS) is 21.0. The van der Waals surface area contributed by atoms with E-state index in [0.29, 0.717) is 13.0 Å². The highest BCUT2D eigenvalue weighted by molar-refractivity contribution is 5.74. The molecule has 4 heteroatoms. The van der Waals surface area contributed by atoms with Gasteiger partial charge in [0, 0.05) is 13.1 Å². The lowest BCUT2D eigenvalue weighted by atomic mass is 10.0. The van der Waals surface area contributed by atoms with Crippen molar-refractivity contribution in [3.63, 3.8) is 0 Å². The Morgan fingerprint density at radius 2 is 2.13 bits per heavy atom. The first-order valence-corrected chi connectivity index (χ1v) is 4.88. The minimum Gasteiger partial charge on any atom is -0.480 e. The molecule has 0 aliphatic carbocycles. The molecule has 80 valence electrons. The monoisotopic (exact) mass is 209 g/mol. The lowest BCUT2D eigenvalue weighted by molar-refractivity contribution is -0.148. The molecule has 1 saturated heterocycles. The minimum absolute atomic E-state index is 0.267. The summed E-state index contributed by atoms with van der Waals surface area (Å²) in [6, 6.07) is 5.80. The van der Waals surface area contributed by atoms with Gasteiger partial charge in [-0.05, 0) is 24.1 Å². The second kappa shape index (κ2) is 3.98. The summed E-state index contributed by atoms with van der Waals surface area (Å²) in [5.74, 6) is -1.04. The van der Waals surface area contributed by atoms with Crippen LogP contribution in [0.2, 0.25) is 0 Å². The molecule has 0 spiro atoms. The number of carboxylic acid groups (broad SMARTS) is 1. The molecule has 1 fully saturated rings. The first-order chi connectivity index (χ1) is 7.16. The zero-order valence-corrected chi connectivity index (χ0v) is 8.19. The van der Waals surface area contributed by atoms with Crippen LogP contribution in [0.4, 0.5) is 4.39 Å². The average Bonchev–Trinajstić information content (AvgIpc) is 2.14. The molecule has 0 saturated carbocycles. The van der Waals surface area contributed by atoms with E-state index < -0.39 is 5.97 Å². The first-order valence-electron chi connectivity index (χ1n) is 4.88. The largest absolute Gasteiger partial charge is 0.480 e. The van der Waals surface area contributed by atoms with Crippen LogP contribution >= 0.6 is 0 Å². The molecule has 2 rings (SSSR count). The third kappa shape index (κ3) is 2.15. The molecule has 1 aliphatic heterocycles. The molecule has 0 radical (unpaired) electrons. The van der Waals surface area contributed by atoms with Gasteiger partial charge in [0.25, 0.3) is 0 Å². The number of carbonyl (C=O) groups is 1. The van der Waals surface area contributed by atoms with Crippen molar-refractivity contribution in [1.82, 2.24) is 4.90 Å². The van der Waals surface area contributed by atoms with E-state index in [1.54, 1.807) is 12.1 Å². The molecule has 1 aliphatic rings. The summed E-state index contributed by atoms with van der Waals surface area (Å²) in [7, 11) is 0. The number of aliphatic carboxylic acids is 1. The maximum atomic E-state index is 12.6. The third-order valence-electron chi connectivity index (χ3n) is 2.71. The average molecular weight is 209 g/mol. The van der Waals surface area contributed by atoms with Crippen molar-refractivity contribution in [2.24, 2.45) is 0 Å². The van der Waals surface area contributed by atoms with Crippen LogP contribution in [0.3, 0.4) is 0 Å². The van der Waals surface area contributed by atoms with Crippen LogP contribution in [-0.4, -0.2) is 28.6 Å². The highest BCUT2D eigenvalue weighted by atomic mass is 19.1. The van der Waals surface area contributed by atoms with E-state index in [1.807, 2.05) is 4.90 Å². The molecular weight excluding hydrogens is 197 g/mol. The number of nitrogens with zero attached hydrogens (tertiary/aromatic N) is 1. The standard InChI is InChI=1S/C11H12FNO2/c12-9-3-1-8(2-4-9)7-13-6-5-10(13)11(14)15/h1-4,10H,5-7H2,(H,14,15)/t10-/m1/s1. The molecule has 0 amide bonds. The Bertz CT molecular complexity index is 363. The molecule has 1 atom stereocenters. The van der Waals surface area contributed by atoms with Gasteiger partial charge in [-0.1, -0.05) is 12.1 Å². The second-order valence-corrected chi connectivity index (χ2v) is 3.74. The molecule has 1 aromatic rings. The highest BCUT2D eigenvalue weighted by Crippen LogP contribution is 2.20. The Kier molecular flexibility index (Phi) is 2.68. The van der Waals surface area contributed by atoms with Gasteiger partial charge < -0.3 is 5.11 Å². The van der Waals surface area contributed by atoms with E-state index in [-0.39, 0.29) is 11.9 Å². The third-order valence-corrected chi connectivity index (χ3v) is 2.71. The summed E-state index contributed by atoms with van der Waals surface area (Å²) in [5.41, 5.74) is 0.947. The van der Waals surface area contributed by atoms with Gasteiger partial charge in [-0.3, -0.25) is 9.69 Å². The van der Waals surface area contributed by atoms with Gasteiger partial charge in [-0.15, -0.1) is 0 Å². The summed E-state index contributed by atoms with van der Waals surface area (Å²) in [6.45, 7) is 1.38. The Balaban J connectivity index is 1.97. The van der Waals surface area contributed by atoms with Gasteiger partial charge in [0.15, 0.2) is 0 Å².